The fourth-order valence-corrected chi connectivity index (χ4v) is 15.9. The average Bonchev–Trinajstić information content (AvgIpc) is 3.30. The summed E-state index contributed by atoms with van der Waals surface area (Å²) < 4.78 is 0. The molecule has 3 heteroatoms. The summed E-state index contributed by atoms with van der Waals surface area (Å²) in [5.41, 5.74) is 6.15. The Balaban J connectivity index is 1.17. The lowest BCUT2D eigenvalue weighted by atomic mass is 9.90. The summed E-state index contributed by atoms with van der Waals surface area (Å²) in [7, 11) is -0.792. The zero-order chi connectivity index (χ0) is 41.3. The lowest BCUT2D eigenvalue weighted by Gasteiger charge is -2.25. The molecule has 298 valence electrons. The summed E-state index contributed by atoms with van der Waals surface area (Å²) >= 11 is 0. The first-order chi connectivity index (χ1) is 30.0. The van der Waals surface area contributed by atoms with Gasteiger partial charge in [-0.3, -0.25) is 0 Å². The zero-order valence-corrected chi connectivity index (χ0v) is 38.0. The van der Waals surface area contributed by atoms with Crippen molar-refractivity contribution in [2.24, 2.45) is 5.92 Å². The van der Waals surface area contributed by atoms with E-state index in [1.807, 2.05) is 0 Å². The number of benzene rings is 9. The Bertz CT molecular complexity index is 2800. The topological polar surface area (TPSA) is 0 Å². The van der Waals surface area contributed by atoms with Gasteiger partial charge in [0.1, 0.15) is 0 Å². The molecule has 0 amide bonds. The smallest absolute Gasteiger partial charge is 0.00163 e. The number of allylic oxidation sites excluding steroid dienone is 2. The third kappa shape index (κ3) is 8.16. The Morgan fingerprint density at radius 3 is 1.20 bits per heavy atom. The van der Waals surface area contributed by atoms with Crippen LogP contribution in [0.5, 0.6) is 0 Å². The molecule has 0 nitrogen and oxygen atoms in total. The molecule has 9 aromatic rings. The molecular formula is C58H51P3. The summed E-state index contributed by atoms with van der Waals surface area (Å²) in [6.45, 7) is 7.06. The van der Waals surface area contributed by atoms with Crippen LogP contribution in [0.2, 0.25) is 0 Å². The van der Waals surface area contributed by atoms with Crippen LogP contribution in [0.15, 0.2) is 200 Å². The number of rotatable bonds is 10. The zero-order valence-electron chi connectivity index (χ0n) is 35.2. The lowest BCUT2D eigenvalue weighted by Crippen LogP contribution is -2.23. The SMILES string of the molecule is Cc1cc2c(cc1PC1C=C[C@H](Cc3ccccc3)CC1)c1cc(C)c(P(c3ccccc3)c3ccccc3)cc1c1cc(C)c(P(c3ccccc3)c3ccccc3)cc21. The van der Waals surface area contributed by atoms with Crippen molar-refractivity contribution in [2.75, 3.05) is 0 Å². The predicted octanol–water partition coefficient (Wildman–Crippen LogP) is 12.5. The fraction of sp³-hybridized carbons (Fsp3) is 0.138. The number of hydrogen-bond donors (Lipinski definition) is 0. The average molecular weight is 841 g/mol. The van der Waals surface area contributed by atoms with Gasteiger partial charge in [-0.25, -0.2) is 0 Å². The quantitative estimate of drug-likeness (QED) is 0.0731. The molecule has 1 aliphatic carbocycles. The van der Waals surface area contributed by atoms with Crippen molar-refractivity contribution < 1.29 is 0 Å². The standard InChI is InChI=1S/C58H51P3/c1-40-33-50-53(37-56(40)59-45-31-29-44(30-32-45)36-43-19-9-4-10-20-43)51-34-41(2)58(61(48-25-15-7-16-26-48)49-27-17-8-18-28-49)39-55(51)52-35-42(3)57(38-54(50)52)60(46-21-11-5-12-22-46)47-23-13-6-14-24-47/h4-29,31,33-35,37-39,44-45,59H,30,32,36H2,1-3H3/t44-,45?/m0/s1. The van der Waals surface area contributed by atoms with Gasteiger partial charge in [0.25, 0.3) is 0 Å². The van der Waals surface area contributed by atoms with Crippen LogP contribution in [0.1, 0.15) is 35.1 Å². The molecule has 3 atom stereocenters. The molecule has 0 saturated carbocycles. The molecular weight excluding hydrogens is 790 g/mol. The Morgan fingerprint density at radius 1 is 0.410 bits per heavy atom. The van der Waals surface area contributed by atoms with Crippen molar-refractivity contribution in [3.63, 3.8) is 0 Å². The number of aryl methyl sites for hydroxylation is 3. The summed E-state index contributed by atoms with van der Waals surface area (Å²) in [5.74, 6) is 0.626. The van der Waals surface area contributed by atoms with Crippen LogP contribution >= 0.6 is 24.4 Å². The minimum Gasteiger partial charge on any atom is -0.0845 e. The highest BCUT2D eigenvalue weighted by Crippen LogP contribution is 2.43. The number of fused-ring (bicyclic) bond motifs is 6. The van der Waals surface area contributed by atoms with Gasteiger partial charge in [-0.2, -0.15) is 0 Å². The summed E-state index contributed by atoms with van der Waals surface area (Å²) in [4.78, 5) is 0. The Morgan fingerprint density at radius 2 is 0.787 bits per heavy atom. The van der Waals surface area contributed by atoms with E-state index in [4.69, 9.17) is 0 Å². The van der Waals surface area contributed by atoms with Crippen LogP contribution in [0.4, 0.5) is 0 Å². The van der Waals surface area contributed by atoms with Crippen LogP contribution in [0, 0.1) is 26.7 Å². The maximum atomic E-state index is 2.60. The van der Waals surface area contributed by atoms with E-state index in [2.05, 4.69) is 221 Å². The monoisotopic (exact) mass is 840 g/mol. The summed E-state index contributed by atoms with van der Waals surface area (Å²) in [5, 5.41) is 18.1. The first-order valence-electron chi connectivity index (χ1n) is 21.7. The van der Waals surface area contributed by atoms with Crippen molar-refractivity contribution in [3.8, 4) is 0 Å². The van der Waals surface area contributed by atoms with E-state index in [-0.39, 0.29) is 0 Å². The molecule has 9 aromatic carbocycles. The van der Waals surface area contributed by atoms with Crippen LogP contribution in [0.25, 0.3) is 32.3 Å². The Labute approximate surface area is 366 Å². The Kier molecular flexibility index (Phi) is 11.5. The van der Waals surface area contributed by atoms with Crippen molar-refractivity contribution >= 4 is 93.9 Å². The minimum atomic E-state index is -0.770. The molecule has 0 saturated heterocycles. The van der Waals surface area contributed by atoms with E-state index in [1.54, 1.807) is 0 Å². The van der Waals surface area contributed by atoms with Gasteiger partial charge in [0.2, 0.25) is 0 Å². The third-order valence-electron chi connectivity index (χ3n) is 12.6. The molecule has 0 heterocycles. The molecule has 10 rings (SSSR count). The molecule has 1 aliphatic rings. The molecule has 0 spiro atoms. The van der Waals surface area contributed by atoms with Gasteiger partial charge in [0.05, 0.1) is 0 Å². The normalized spacial score (nSPS) is 15.6. The highest BCUT2D eigenvalue weighted by Gasteiger charge is 2.25. The molecule has 0 aromatic heterocycles. The summed E-state index contributed by atoms with van der Waals surface area (Å²) in [6.07, 6.45) is 8.72. The van der Waals surface area contributed by atoms with Crippen molar-refractivity contribution in [1.29, 1.82) is 0 Å². The van der Waals surface area contributed by atoms with Crippen LogP contribution in [-0.4, -0.2) is 5.66 Å². The van der Waals surface area contributed by atoms with Gasteiger partial charge >= 0.3 is 0 Å². The second kappa shape index (κ2) is 17.6. The molecule has 2 unspecified atom stereocenters. The largest absolute Gasteiger partial charge is 0.0845 e. The molecule has 0 bridgehead atoms. The first-order valence-corrected chi connectivity index (χ1v) is 25.5. The predicted molar refractivity (Wildman–Crippen MR) is 274 cm³/mol. The number of hydrogen-bond acceptors (Lipinski definition) is 0. The van der Waals surface area contributed by atoms with E-state index in [0.29, 0.717) is 11.6 Å². The van der Waals surface area contributed by atoms with Crippen LogP contribution in [0.3, 0.4) is 0 Å². The second-order valence-electron chi connectivity index (χ2n) is 16.8. The van der Waals surface area contributed by atoms with E-state index in [1.165, 1.54) is 105 Å². The minimum absolute atomic E-state index is 0.582. The van der Waals surface area contributed by atoms with Crippen molar-refractivity contribution in [1.82, 2.24) is 0 Å². The maximum Gasteiger partial charge on any atom is -0.00163 e. The van der Waals surface area contributed by atoms with Gasteiger partial charge in [0.15, 0.2) is 0 Å². The van der Waals surface area contributed by atoms with Gasteiger partial charge in [-0.1, -0.05) is 191 Å². The van der Waals surface area contributed by atoms with E-state index in [0.717, 1.165) is 15.0 Å². The van der Waals surface area contributed by atoms with E-state index in [9.17, 15) is 0 Å². The van der Waals surface area contributed by atoms with Gasteiger partial charge in [0, 0.05) is 0 Å². The molecule has 0 fully saturated rings. The fourth-order valence-electron chi connectivity index (χ4n) is 9.52. The van der Waals surface area contributed by atoms with E-state index >= 15 is 0 Å². The third-order valence-corrected chi connectivity index (χ3v) is 19.5. The first kappa shape index (κ1) is 39.9. The van der Waals surface area contributed by atoms with Gasteiger partial charge in [-0.05, 0) is 177 Å². The molecule has 0 N–H and O–H groups in total. The van der Waals surface area contributed by atoms with Crippen molar-refractivity contribution in [3.05, 3.63) is 222 Å². The van der Waals surface area contributed by atoms with Crippen molar-refractivity contribution in [2.45, 2.75) is 45.7 Å². The second-order valence-corrected chi connectivity index (χ2v) is 22.7. The molecule has 0 radical (unpaired) electrons. The maximum absolute atomic E-state index is 2.60. The van der Waals surface area contributed by atoms with Gasteiger partial charge in [-0.15, -0.1) is 0 Å². The van der Waals surface area contributed by atoms with Crippen LogP contribution in [-0.2, 0) is 6.42 Å². The summed E-state index contributed by atoms with van der Waals surface area (Å²) in [6, 6.07) is 71.2. The highest BCUT2D eigenvalue weighted by molar-refractivity contribution is 7.80. The molecule has 61 heavy (non-hydrogen) atoms. The van der Waals surface area contributed by atoms with Crippen LogP contribution < -0.4 is 37.1 Å². The lowest BCUT2D eigenvalue weighted by molar-refractivity contribution is 0.543. The highest BCUT2D eigenvalue weighted by atomic mass is 31.1. The van der Waals surface area contributed by atoms with E-state index < -0.39 is 15.8 Å². The molecule has 0 aliphatic heterocycles. The Hall–Kier alpha value is -5.21. The van der Waals surface area contributed by atoms with Gasteiger partial charge < -0.3 is 0 Å².